The minimum Gasteiger partial charge on any atom is -0.496 e. The van der Waals surface area contributed by atoms with Gasteiger partial charge in [-0.1, -0.05) is 22.5 Å². The van der Waals surface area contributed by atoms with Gasteiger partial charge in [-0.05, 0) is 18.2 Å². The van der Waals surface area contributed by atoms with E-state index in [4.69, 9.17) is 4.74 Å². The maximum Gasteiger partial charge on any atom is 0.416 e. The van der Waals surface area contributed by atoms with Crippen LogP contribution in [-0.4, -0.2) is 13.3 Å². The number of allylic oxidation sites excluding steroid dienone is 1. The van der Waals surface area contributed by atoms with Crippen LogP contribution in [0, 0.1) is 0 Å². The minimum absolute atomic E-state index is 0.0561. The van der Waals surface area contributed by atoms with E-state index in [0.717, 1.165) is 0 Å². The van der Waals surface area contributed by atoms with Gasteiger partial charge >= 0.3 is 6.18 Å². The molecule has 1 aromatic carbocycles. The van der Waals surface area contributed by atoms with Crippen molar-refractivity contribution in [2.75, 3.05) is 7.11 Å². The van der Waals surface area contributed by atoms with E-state index in [0.29, 0.717) is 4.47 Å². The SMILES string of the molecule is C=C(c1cc(Br)ccc1OC)C(F)(F)F. The number of rotatable bonds is 2. The summed E-state index contributed by atoms with van der Waals surface area (Å²) in [6.45, 7) is 3.02. The predicted molar refractivity (Wildman–Crippen MR) is 55.8 cm³/mol. The summed E-state index contributed by atoms with van der Waals surface area (Å²) >= 11 is 3.10. The molecule has 5 heteroatoms. The van der Waals surface area contributed by atoms with Gasteiger partial charge in [0.2, 0.25) is 0 Å². The van der Waals surface area contributed by atoms with Gasteiger partial charge in [0.1, 0.15) is 5.75 Å². The Morgan fingerprint density at radius 3 is 2.47 bits per heavy atom. The maximum atomic E-state index is 12.4. The van der Waals surface area contributed by atoms with Crippen molar-refractivity contribution in [2.45, 2.75) is 6.18 Å². The van der Waals surface area contributed by atoms with E-state index in [1.54, 1.807) is 6.07 Å². The summed E-state index contributed by atoms with van der Waals surface area (Å²) in [5, 5.41) is 0. The van der Waals surface area contributed by atoms with E-state index in [2.05, 4.69) is 22.5 Å². The lowest BCUT2D eigenvalue weighted by Gasteiger charge is -2.13. The zero-order valence-corrected chi connectivity index (χ0v) is 9.45. The summed E-state index contributed by atoms with van der Waals surface area (Å²) in [4.78, 5) is 0. The summed E-state index contributed by atoms with van der Waals surface area (Å²) in [5.41, 5.74) is -0.972. The van der Waals surface area contributed by atoms with Gasteiger partial charge in [-0.25, -0.2) is 0 Å². The molecule has 0 saturated heterocycles. The monoisotopic (exact) mass is 280 g/mol. The predicted octanol–water partition coefficient (Wildman–Crippen LogP) is 4.03. The Balaban J connectivity index is 3.23. The topological polar surface area (TPSA) is 9.23 Å². The van der Waals surface area contributed by atoms with Gasteiger partial charge in [0.05, 0.1) is 12.7 Å². The average molecular weight is 281 g/mol. The second-order valence-electron chi connectivity index (χ2n) is 2.82. The zero-order valence-electron chi connectivity index (χ0n) is 7.86. The second-order valence-corrected chi connectivity index (χ2v) is 3.74. The van der Waals surface area contributed by atoms with Crippen molar-refractivity contribution in [1.29, 1.82) is 0 Å². The van der Waals surface area contributed by atoms with Crippen molar-refractivity contribution in [1.82, 2.24) is 0 Å². The molecule has 0 saturated carbocycles. The van der Waals surface area contributed by atoms with Gasteiger partial charge in [0.25, 0.3) is 0 Å². The first-order valence-electron chi connectivity index (χ1n) is 3.96. The molecule has 0 unspecified atom stereocenters. The van der Waals surface area contributed by atoms with Gasteiger partial charge in [-0.3, -0.25) is 0 Å². The Morgan fingerprint density at radius 2 is 2.00 bits per heavy atom. The molecular formula is C10H8BrF3O. The molecule has 82 valence electrons. The van der Waals surface area contributed by atoms with Crippen molar-refractivity contribution in [3.05, 3.63) is 34.8 Å². The molecule has 0 heterocycles. The van der Waals surface area contributed by atoms with Gasteiger partial charge in [-0.2, -0.15) is 13.2 Å². The summed E-state index contributed by atoms with van der Waals surface area (Å²) in [7, 11) is 1.32. The Hall–Kier alpha value is -0.970. The van der Waals surface area contributed by atoms with Gasteiger partial charge in [0.15, 0.2) is 0 Å². The van der Waals surface area contributed by atoms with Gasteiger partial charge in [0, 0.05) is 10.0 Å². The molecule has 15 heavy (non-hydrogen) atoms. The van der Waals surface area contributed by atoms with Crippen LogP contribution in [0.5, 0.6) is 5.75 Å². The summed E-state index contributed by atoms with van der Waals surface area (Å²) < 4.78 is 42.6. The molecule has 0 atom stereocenters. The summed E-state index contributed by atoms with van der Waals surface area (Å²) in [6.07, 6.45) is -4.45. The Bertz CT molecular complexity index is 385. The molecular weight excluding hydrogens is 273 g/mol. The van der Waals surface area contributed by atoms with Crippen molar-refractivity contribution in [3.8, 4) is 5.75 Å². The number of hydrogen-bond donors (Lipinski definition) is 0. The van der Waals surface area contributed by atoms with Crippen LogP contribution in [0.1, 0.15) is 5.56 Å². The summed E-state index contributed by atoms with van der Waals surface area (Å²) in [6, 6.07) is 4.39. The lowest BCUT2D eigenvalue weighted by Crippen LogP contribution is -2.10. The summed E-state index contributed by atoms with van der Waals surface area (Å²) in [5.74, 6) is 0.153. The Morgan fingerprint density at radius 1 is 1.40 bits per heavy atom. The van der Waals surface area contributed by atoms with Crippen molar-refractivity contribution in [2.24, 2.45) is 0 Å². The first kappa shape index (κ1) is 12.1. The molecule has 0 fully saturated rings. The van der Waals surface area contributed by atoms with Crippen LogP contribution in [0.25, 0.3) is 5.57 Å². The van der Waals surface area contributed by atoms with E-state index in [9.17, 15) is 13.2 Å². The molecule has 0 spiro atoms. The average Bonchev–Trinajstić information content (AvgIpc) is 2.15. The van der Waals surface area contributed by atoms with Crippen molar-refractivity contribution in [3.63, 3.8) is 0 Å². The van der Waals surface area contributed by atoms with E-state index < -0.39 is 11.7 Å². The fraction of sp³-hybridized carbons (Fsp3) is 0.200. The molecule has 0 bridgehead atoms. The molecule has 0 aliphatic rings. The van der Waals surface area contributed by atoms with Crippen LogP contribution >= 0.6 is 15.9 Å². The molecule has 0 radical (unpaired) electrons. The highest BCUT2D eigenvalue weighted by Crippen LogP contribution is 2.37. The molecule has 0 amide bonds. The van der Waals surface area contributed by atoms with E-state index >= 15 is 0 Å². The third-order valence-corrected chi connectivity index (χ3v) is 2.32. The Kier molecular flexibility index (Phi) is 3.44. The van der Waals surface area contributed by atoms with Gasteiger partial charge in [-0.15, -0.1) is 0 Å². The number of alkyl halides is 3. The second kappa shape index (κ2) is 4.26. The highest BCUT2D eigenvalue weighted by Gasteiger charge is 2.34. The quantitative estimate of drug-likeness (QED) is 0.795. The van der Waals surface area contributed by atoms with Crippen LogP contribution < -0.4 is 4.74 Å². The molecule has 0 N–H and O–H groups in total. The van der Waals surface area contributed by atoms with Crippen molar-refractivity contribution >= 4 is 21.5 Å². The molecule has 1 aromatic rings. The number of methoxy groups -OCH3 is 1. The highest BCUT2D eigenvalue weighted by molar-refractivity contribution is 9.10. The number of hydrogen-bond acceptors (Lipinski definition) is 1. The van der Waals surface area contributed by atoms with Crippen LogP contribution in [-0.2, 0) is 0 Å². The van der Waals surface area contributed by atoms with Gasteiger partial charge < -0.3 is 4.74 Å². The first-order chi connectivity index (χ1) is 6.86. The normalized spacial score (nSPS) is 11.3. The zero-order chi connectivity index (χ0) is 11.6. The molecule has 0 aromatic heterocycles. The van der Waals surface area contributed by atoms with Crippen LogP contribution in [0.2, 0.25) is 0 Å². The third kappa shape index (κ3) is 2.75. The fourth-order valence-electron chi connectivity index (χ4n) is 1.07. The van der Waals surface area contributed by atoms with E-state index in [1.807, 2.05) is 0 Å². The first-order valence-corrected chi connectivity index (χ1v) is 4.75. The number of ether oxygens (including phenoxy) is 1. The smallest absolute Gasteiger partial charge is 0.416 e. The van der Waals surface area contributed by atoms with Crippen molar-refractivity contribution < 1.29 is 17.9 Å². The molecule has 0 aliphatic heterocycles. The lowest BCUT2D eigenvalue weighted by atomic mass is 10.1. The Labute approximate surface area is 93.7 Å². The number of halogens is 4. The number of benzene rings is 1. The van der Waals surface area contributed by atoms with E-state index in [1.165, 1.54) is 19.2 Å². The fourth-order valence-corrected chi connectivity index (χ4v) is 1.43. The molecule has 0 aliphatic carbocycles. The largest absolute Gasteiger partial charge is 0.496 e. The highest BCUT2D eigenvalue weighted by atomic mass is 79.9. The lowest BCUT2D eigenvalue weighted by molar-refractivity contribution is -0.0687. The molecule has 1 rings (SSSR count). The van der Waals surface area contributed by atoms with Crippen LogP contribution in [0.4, 0.5) is 13.2 Å². The standard InChI is InChI=1S/C10H8BrF3O/c1-6(10(12,13)14)8-5-7(11)3-4-9(8)15-2/h3-5H,1H2,2H3. The van der Waals surface area contributed by atoms with E-state index in [-0.39, 0.29) is 11.3 Å². The third-order valence-electron chi connectivity index (χ3n) is 1.83. The maximum absolute atomic E-state index is 12.4. The molecule has 1 nitrogen and oxygen atoms in total. The van der Waals surface area contributed by atoms with Crippen LogP contribution in [0.3, 0.4) is 0 Å². The minimum atomic E-state index is -4.45. The van der Waals surface area contributed by atoms with Crippen LogP contribution in [0.15, 0.2) is 29.3 Å².